The molecule has 0 aliphatic carbocycles. The number of aryl methyl sites for hydroxylation is 1. The second-order valence-corrected chi connectivity index (χ2v) is 3.83. The number of phenols is 1. The van der Waals surface area contributed by atoms with Gasteiger partial charge in [0.05, 0.1) is 0 Å². The highest BCUT2D eigenvalue weighted by Crippen LogP contribution is 2.24. The monoisotopic (exact) mass is 227 g/mol. The van der Waals surface area contributed by atoms with Crippen molar-refractivity contribution in [2.45, 2.75) is 6.92 Å². The Morgan fingerprint density at radius 3 is 2.35 bits per heavy atom. The van der Waals surface area contributed by atoms with Gasteiger partial charge in [-0.1, -0.05) is 47.4 Å². The van der Waals surface area contributed by atoms with Crippen LogP contribution in [-0.4, -0.2) is 12.2 Å². The maximum absolute atomic E-state index is 11.8. The van der Waals surface area contributed by atoms with Gasteiger partial charge in [0, 0.05) is 0 Å². The lowest BCUT2D eigenvalue weighted by Crippen LogP contribution is -2.49. The third-order valence-electron chi connectivity index (χ3n) is 2.45. The maximum atomic E-state index is 11.8. The standard InChI is InChI=1S/C13H12BO3/c1-10-6-8-11(9-7-10)14(16)17-13-5-3-2-4-12(13)15/h2-9,15H,1H3/q-1. The molecule has 0 bridgehead atoms. The summed E-state index contributed by atoms with van der Waals surface area (Å²) in [6.45, 7) is 1.95. The van der Waals surface area contributed by atoms with Crippen LogP contribution in [0.25, 0.3) is 0 Å². The minimum atomic E-state index is -1.33. The normalized spacial score (nSPS) is 10.0. The highest BCUT2D eigenvalue weighted by atomic mass is 16.5. The SMILES string of the molecule is Cc1ccc(B([O-])Oc2ccccc2O)cc1. The van der Waals surface area contributed by atoms with Gasteiger partial charge in [-0.25, -0.2) is 0 Å². The molecule has 1 N–H and O–H groups in total. The van der Waals surface area contributed by atoms with Gasteiger partial charge >= 0.3 is 0 Å². The van der Waals surface area contributed by atoms with E-state index in [0.717, 1.165) is 5.56 Å². The number of benzene rings is 2. The number of aromatic hydroxyl groups is 1. The maximum Gasteiger partial charge on any atom is 0.285 e. The molecule has 2 aromatic rings. The molecule has 0 saturated carbocycles. The minimum Gasteiger partial charge on any atom is -0.842 e. The highest BCUT2D eigenvalue weighted by molar-refractivity contribution is 6.59. The quantitative estimate of drug-likeness (QED) is 0.790. The van der Waals surface area contributed by atoms with Gasteiger partial charge in [0.2, 0.25) is 0 Å². The number of phenolic OH excluding ortho intramolecular Hbond substituents is 1. The lowest BCUT2D eigenvalue weighted by Gasteiger charge is -2.21. The Hall–Kier alpha value is -1.94. The van der Waals surface area contributed by atoms with E-state index in [1.54, 1.807) is 30.3 Å². The molecule has 86 valence electrons. The molecule has 0 spiro atoms. The largest absolute Gasteiger partial charge is 0.842 e. The first kappa shape index (κ1) is 11.5. The van der Waals surface area contributed by atoms with Gasteiger partial charge in [-0.3, -0.25) is 0 Å². The summed E-state index contributed by atoms with van der Waals surface area (Å²) in [5, 5.41) is 21.3. The first-order chi connectivity index (χ1) is 8.16. The second kappa shape index (κ2) is 4.93. The van der Waals surface area contributed by atoms with Crippen LogP contribution in [0.3, 0.4) is 0 Å². The lowest BCUT2D eigenvalue weighted by atomic mass is 9.79. The van der Waals surface area contributed by atoms with Crippen molar-refractivity contribution >= 4 is 12.6 Å². The van der Waals surface area contributed by atoms with Crippen LogP contribution in [0.1, 0.15) is 5.56 Å². The van der Waals surface area contributed by atoms with Gasteiger partial charge < -0.3 is 14.8 Å². The Kier molecular flexibility index (Phi) is 3.35. The molecule has 0 heterocycles. The molecule has 3 nitrogen and oxygen atoms in total. The number of para-hydroxylation sites is 2. The average Bonchev–Trinajstić information content (AvgIpc) is 2.33. The summed E-state index contributed by atoms with van der Waals surface area (Å²) in [5.41, 5.74) is 1.63. The van der Waals surface area contributed by atoms with Crippen molar-refractivity contribution in [3.63, 3.8) is 0 Å². The summed E-state index contributed by atoms with van der Waals surface area (Å²) in [4.78, 5) is 0. The van der Waals surface area contributed by atoms with Crippen molar-refractivity contribution in [1.29, 1.82) is 0 Å². The molecule has 0 saturated heterocycles. The molecular weight excluding hydrogens is 215 g/mol. The first-order valence-corrected chi connectivity index (χ1v) is 5.34. The van der Waals surface area contributed by atoms with Crippen LogP contribution in [0, 0.1) is 6.92 Å². The molecule has 2 rings (SSSR count). The van der Waals surface area contributed by atoms with E-state index >= 15 is 0 Å². The third kappa shape index (κ3) is 2.79. The number of hydrogen-bond donors (Lipinski definition) is 1. The van der Waals surface area contributed by atoms with Crippen molar-refractivity contribution < 1.29 is 14.8 Å². The van der Waals surface area contributed by atoms with Gasteiger partial charge in [-0.15, -0.1) is 0 Å². The van der Waals surface area contributed by atoms with E-state index in [0.29, 0.717) is 5.46 Å². The Bertz CT molecular complexity index is 496. The van der Waals surface area contributed by atoms with E-state index in [2.05, 4.69) is 0 Å². The smallest absolute Gasteiger partial charge is 0.285 e. The predicted molar refractivity (Wildman–Crippen MR) is 65.3 cm³/mol. The van der Waals surface area contributed by atoms with Crippen molar-refractivity contribution in [1.82, 2.24) is 0 Å². The zero-order valence-corrected chi connectivity index (χ0v) is 9.46. The van der Waals surface area contributed by atoms with E-state index in [1.807, 2.05) is 19.1 Å². The Morgan fingerprint density at radius 2 is 1.71 bits per heavy atom. The van der Waals surface area contributed by atoms with E-state index in [-0.39, 0.29) is 11.5 Å². The summed E-state index contributed by atoms with van der Waals surface area (Å²) >= 11 is 0. The van der Waals surface area contributed by atoms with E-state index < -0.39 is 7.12 Å². The molecule has 17 heavy (non-hydrogen) atoms. The molecule has 0 fully saturated rings. The van der Waals surface area contributed by atoms with E-state index in [1.165, 1.54) is 6.07 Å². The van der Waals surface area contributed by atoms with Crippen molar-refractivity contribution in [3.8, 4) is 11.5 Å². The molecule has 0 aliphatic rings. The fourth-order valence-electron chi connectivity index (χ4n) is 1.46. The van der Waals surface area contributed by atoms with Crippen LogP contribution in [0.15, 0.2) is 48.5 Å². The highest BCUT2D eigenvalue weighted by Gasteiger charge is 2.07. The summed E-state index contributed by atoms with van der Waals surface area (Å²) < 4.78 is 5.17. The zero-order valence-electron chi connectivity index (χ0n) is 9.46. The lowest BCUT2D eigenvalue weighted by molar-refractivity contribution is -0.208. The minimum absolute atomic E-state index is 0.0274. The average molecular weight is 227 g/mol. The van der Waals surface area contributed by atoms with E-state index in [4.69, 9.17) is 4.65 Å². The Morgan fingerprint density at radius 1 is 1.06 bits per heavy atom. The summed E-state index contributed by atoms with van der Waals surface area (Å²) in [6, 6.07) is 13.6. The third-order valence-corrected chi connectivity index (χ3v) is 2.45. The molecule has 0 aliphatic heterocycles. The van der Waals surface area contributed by atoms with E-state index in [9.17, 15) is 10.1 Å². The predicted octanol–water partition coefficient (Wildman–Crippen LogP) is 0.835. The van der Waals surface area contributed by atoms with Gasteiger partial charge in [0.1, 0.15) is 5.75 Å². The fourth-order valence-corrected chi connectivity index (χ4v) is 1.46. The van der Waals surface area contributed by atoms with Gasteiger partial charge in [0.25, 0.3) is 7.12 Å². The Labute approximate surface area is 100 Å². The molecule has 4 heteroatoms. The summed E-state index contributed by atoms with van der Waals surface area (Å²) in [6.07, 6.45) is 0. The molecule has 0 amide bonds. The van der Waals surface area contributed by atoms with Crippen LogP contribution >= 0.6 is 0 Å². The zero-order chi connectivity index (χ0) is 12.3. The second-order valence-electron chi connectivity index (χ2n) is 3.83. The number of hydrogen-bond acceptors (Lipinski definition) is 3. The summed E-state index contributed by atoms with van der Waals surface area (Å²) in [5.74, 6) is 0.175. The van der Waals surface area contributed by atoms with Gasteiger partial charge in [-0.2, -0.15) is 0 Å². The number of rotatable bonds is 3. The van der Waals surface area contributed by atoms with Crippen LogP contribution in [0.2, 0.25) is 0 Å². The van der Waals surface area contributed by atoms with Gasteiger partial charge in [0.15, 0.2) is 5.75 Å². The molecule has 2 aromatic carbocycles. The fraction of sp³-hybridized carbons (Fsp3) is 0.0769. The molecular formula is C13H12BO3-. The molecule has 0 unspecified atom stereocenters. The van der Waals surface area contributed by atoms with Gasteiger partial charge in [-0.05, 0) is 19.1 Å². The topological polar surface area (TPSA) is 52.5 Å². The Balaban J connectivity index is 2.14. The summed E-state index contributed by atoms with van der Waals surface area (Å²) in [7, 11) is -1.33. The first-order valence-electron chi connectivity index (χ1n) is 5.34. The van der Waals surface area contributed by atoms with Crippen LogP contribution in [0.5, 0.6) is 11.5 Å². The van der Waals surface area contributed by atoms with Crippen molar-refractivity contribution in [2.75, 3.05) is 0 Å². The molecule has 0 atom stereocenters. The van der Waals surface area contributed by atoms with Crippen LogP contribution in [0.4, 0.5) is 0 Å². The van der Waals surface area contributed by atoms with Crippen molar-refractivity contribution in [3.05, 3.63) is 54.1 Å². The molecule has 0 radical (unpaired) electrons. The van der Waals surface area contributed by atoms with Crippen molar-refractivity contribution in [2.24, 2.45) is 0 Å². The van der Waals surface area contributed by atoms with Crippen LogP contribution in [-0.2, 0) is 0 Å². The molecule has 0 aromatic heterocycles. The van der Waals surface area contributed by atoms with Crippen LogP contribution < -0.4 is 15.1 Å².